The number of carbonyl (C=O) groups is 1. The molecular formula is C10H13N3O2. The first-order chi connectivity index (χ1) is 7.25. The van der Waals surface area contributed by atoms with Crippen LogP contribution in [0.1, 0.15) is 25.1 Å². The highest BCUT2D eigenvalue weighted by molar-refractivity contribution is 5.90. The Morgan fingerprint density at radius 2 is 2.47 bits per heavy atom. The van der Waals surface area contributed by atoms with Crippen molar-refractivity contribution in [2.45, 2.75) is 26.2 Å². The van der Waals surface area contributed by atoms with Crippen LogP contribution in [0.4, 0.5) is 6.01 Å². The minimum atomic E-state index is -0.0389. The molecule has 80 valence electrons. The molecule has 1 aliphatic carbocycles. The Morgan fingerprint density at radius 1 is 1.60 bits per heavy atom. The van der Waals surface area contributed by atoms with Gasteiger partial charge in [0.15, 0.2) is 5.82 Å². The highest BCUT2D eigenvalue weighted by atomic mass is 16.5. The molecule has 15 heavy (non-hydrogen) atoms. The molecule has 1 amide bonds. The van der Waals surface area contributed by atoms with E-state index >= 15 is 0 Å². The molecule has 0 fully saturated rings. The van der Waals surface area contributed by atoms with Crippen LogP contribution >= 0.6 is 0 Å². The van der Waals surface area contributed by atoms with Gasteiger partial charge in [0.25, 0.3) is 0 Å². The summed E-state index contributed by atoms with van der Waals surface area (Å²) in [6.07, 6.45) is 6.77. The summed E-state index contributed by atoms with van der Waals surface area (Å²) in [5, 5.41) is 6.22. The average Bonchev–Trinajstić information content (AvgIpc) is 2.65. The van der Waals surface area contributed by atoms with Crippen LogP contribution in [0.2, 0.25) is 0 Å². The summed E-state index contributed by atoms with van der Waals surface area (Å²) in [5.41, 5.74) is 0. The van der Waals surface area contributed by atoms with Crippen LogP contribution in [0.25, 0.3) is 0 Å². The van der Waals surface area contributed by atoms with Crippen molar-refractivity contribution in [1.29, 1.82) is 0 Å². The highest BCUT2D eigenvalue weighted by Gasteiger charge is 2.20. The molecule has 0 saturated heterocycles. The third kappa shape index (κ3) is 2.43. The SMILES string of the molecule is Cc1noc(NC(=O)C2CC=CCC2)n1. The Balaban J connectivity index is 1.94. The minimum absolute atomic E-state index is 0.0298. The van der Waals surface area contributed by atoms with Crippen molar-refractivity contribution in [2.75, 3.05) is 5.32 Å². The van der Waals surface area contributed by atoms with E-state index in [1.54, 1.807) is 6.92 Å². The number of amides is 1. The lowest BCUT2D eigenvalue weighted by Gasteiger charge is -2.15. The quantitative estimate of drug-likeness (QED) is 0.749. The van der Waals surface area contributed by atoms with Gasteiger partial charge in [-0.25, -0.2) is 0 Å². The van der Waals surface area contributed by atoms with Gasteiger partial charge in [-0.3, -0.25) is 10.1 Å². The molecular weight excluding hydrogens is 194 g/mol. The van der Waals surface area contributed by atoms with Crippen LogP contribution in [-0.2, 0) is 4.79 Å². The number of allylic oxidation sites excluding steroid dienone is 2. The lowest BCUT2D eigenvalue weighted by Crippen LogP contribution is -2.23. The van der Waals surface area contributed by atoms with Crippen molar-refractivity contribution in [3.05, 3.63) is 18.0 Å². The van der Waals surface area contributed by atoms with E-state index in [-0.39, 0.29) is 17.8 Å². The van der Waals surface area contributed by atoms with Crippen molar-refractivity contribution in [3.8, 4) is 0 Å². The Hall–Kier alpha value is -1.65. The summed E-state index contributed by atoms with van der Waals surface area (Å²) in [6, 6.07) is 0.187. The number of nitrogens with zero attached hydrogens (tertiary/aromatic N) is 2. The second-order valence-corrected chi connectivity index (χ2v) is 3.62. The predicted octanol–water partition coefficient (Wildman–Crippen LogP) is 1.67. The number of aromatic nitrogens is 2. The number of hydrogen-bond donors (Lipinski definition) is 1. The molecule has 2 rings (SSSR count). The monoisotopic (exact) mass is 207 g/mol. The first kappa shape index (κ1) is 9.89. The summed E-state index contributed by atoms with van der Waals surface area (Å²) in [6.45, 7) is 1.71. The van der Waals surface area contributed by atoms with E-state index in [9.17, 15) is 4.79 Å². The third-order valence-corrected chi connectivity index (χ3v) is 2.40. The molecule has 0 spiro atoms. The molecule has 5 heteroatoms. The normalized spacial score (nSPS) is 20.2. The van der Waals surface area contributed by atoms with E-state index in [0.717, 1.165) is 19.3 Å². The van der Waals surface area contributed by atoms with Crippen molar-refractivity contribution in [1.82, 2.24) is 10.1 Å². The van der Waals surface area contributed by atoms with Gasteiger partial charge in [-0.2, -0.15) is 4.98 Å². The summed E-state index contributed by atoms with van der Waals surface area (Å²) >= 11 is 0. The molecule has 0 radical (unpaired) electrons. The summed E-state index contributed by atoms with van der Waals surface area (Å²) in [7, 11) is 0. The largest absolute Gasteiger partial charge is 0.328 e. The zero-order chi connectivity index (χ0) is 10.7. The molecule has 1 unspecified atom stereocenters. The van der Waals surface area contributed by atoms with Crippen LogP contribution < -0.4 is 5.32 Å². The van der Waals surface area contributed by atoms with Crippen molar-refractivity contribution < 1.29 is 9.32 Å². The van der Waals surface area contributed by atoms with Gasteiger partial charge in [0.2, 0.25) is 5.91 Å². The van der Waals surface area contributed by atoms with Crippen molar-refractivity contribution in [2.24, 2.45) is 5.92 Å². The molecule has 1 aromatic heterocycles. The number of hydrogen-bond acceptors (Lipinski definition) is 4. The fraction of sp³-hybridized carbons (Fsp3) is 0.500. The number of aryl methyl sites for hydroxylation is 1. The lowest BCUT2D eigenvalue weighted by atomic mass is 9.94. The molecule has 5 nitrogen and oxygen atoms in total. The molecule has 0 aliphatic heterocycles. The van der Waals surface area contributed by atoms with Gasteiger partial charge < -0.3 is 4.52 Å². The second kappa shape index (κ2) is 4.25. The maximum absolute atomic E-state index is 11.7. The zero-order valence-electron chi connectivity index (χ0n) is 8.56. The van der Waals surface area contributed by atoms with E-state index in [1.165, 1.54) is 0 Å². The molecule has 1 atom stereocenters. The van der Waals surface area contributed by atoms with Gasteiger partial charge in [0.05, 0.1) is 0 Å². The highest BCUT2D eigenvalue weighted by Crippen LogP contribution is 2.19. The van der Waals surface area contributed by atoms with Gasteiger partial charge in [-0.15, -0.1) is 0 Å². The summed E-state index contributed by atoms with van der Waals surface area (Å²) in [5.74, 6) is 0.513. The van der Waals surface area contributed by atoms with E-state index < -0.39 is 0 Å². The third-order valence-electron chi connectivity index (χ3n) is 2.40. The van der Waals surface area contributed by atoms with Crippen LogP contribution in [0.3, 0.4) is 0 Å². The van der Waals surface area contributed by atoms with Crippen LogP contribution in [0, 0.1) is 12.8 Å². The molecule has 0 bridgehead atoms. The van der Waals surface area contributed by atoms with Crippen LogP contribution in [0.5, 0.6) is 0 Å². The van der Waals surface area contributed by atoms with Crippen molar-refractivity contribution >= 4 is 11.9 Å². The topological polar surface area (TPSA) is 68.0 Å². The maximum atomic E-state index is 11.7. The molecule has 1 aromatic rings. The Labute approximate surface area is 87.6 Å². The number of nitrogens with one attached hydrogen (secondary N) is 1. The maximum Gasteiger partial charge on any atom is 0.328 e. The minimum Gasteiger partial charge on any atom is -0.315 e. The smallest absolute Gasteiger partial charge is 0.315 e. The van der Waals surface area contributed by atoms with E-state index in [0.29, 0.717) is 5.82 Å². The predicted molar refractivity (Wildman–Crippen MR) is 54.1 cm³/mol. The van der Waals surface area contributed by atoms with Gasteiger partial charge in [0.1, 0.15) is 0 Å². The summed E-state index contributed by atoms with van der Waals surface area (Å²) in [4.78, 5) is 15.6. The van der Waals surface area contributed by atoms with Gasteiger partial charge >= 0.3 is 6.01 Å². The Bertz CT molecular complexity index is 384. The van der Waals surface area contributed by atoms with E-state index in [2.05, 4.69) is 21.5 Å². The molecule has 1 heterocycles. The first-order valence-corrected chi connectivity index (χ1v) is 5.02. The van der Waals surface area contributed by atoms with Gasteiger partial charge in [-0.05, 0) is 26.2 Å². The second-order valence-electron chi connectivity index (χ2n) is 3.62. The molecule has 1 aliphatic rings. The zero-order valence-corrected chi connectivity index (χ0v) is 8.56. The summed E-state index contributed by atoms with van der Waals surface area (Å²) < 4.78 is 4.81. The lowest BCUT2D eigenvalue weighted by molar-refractivity contribution is -0.120. The van der Waals surface area contributed by atoms with E-state index in [4.69, 9.17) is 4.52 Å². The molecule has 0 saturated carbocycles. The molecule has 0 aromatic carbocycles. The average molecular weight is 207 g/mol. The number of rotatable bonds is 2. The standard InChI is InChI=1S/C10H13N3O2/c1-7-11-10(15-13-7)12-9(14)8-5-3-2-4-6-8/h2-3,8H,4-6H2,1H3,(H,11,12,13,14). The van der Waals surface area contributed by atoms with Crippen LogP contribution in [0.15, 0.2) is 16.7 Å². The molecule has 1 N–H and O–H groups in total. The number of carbonyl (C=O) groups excluding carboxylic acids is 1. The fourth-order valence-corrected chi connectivity index (χ4v) is 1.59. The van der Waals surface area contributed by atoms with E-state index in [1.807, 2.05) is 6.08 Å². The first-order valence-electron chi connectivity index (χ1n) is 5.02. The Kier molecular flexibility index (Phi) is 2.80. The fourth-order valence-electron chi connectivity index (χ4n) is 1.59. The Morgan fingerprint density at radius 3 is 3.07 bits per heavy atom. The van der Waals surface area contributed by atoms with Crippen molar-refractivity contribution in [3.63, 3.8) is 0 Å². The van der Waals surface area contributed by atoms with Gasteiger partial charge in [-0.1, -0.05) is 17.3 Å². The number of anilines is 1. The van der Waals surface area contributed by atoms with Gasteiger partial charge in [0, 0.05) is 5.92 Å². The van der Waals surface area contributed by atoms with Crippen LogP contribution in [-0.4, -0.2) is 16.0 Å².